The van der Waals surface area contributed by atoms with E-state index in [1.165, 1.54) is 38.6 Å². The fourth-order valence-corrected chi connectivity index (χ4v) is 1.54. The first-order valence-corrected chi connectivity index (χ1v) is 6.72. The lowest BCUT2D eigenvalue weighted by Crippen LogP contribution is -2.17. The quantitative estimate of drug-likeness (QED) is 0.552. The van der Waals surface area contributed by atoms with Gasteiger partial charge >= 0.3 is 0 Å². The molecule has 0 aliphatic heterocycles. The van der Waals surface area contributed by atoms with Gasteiger partial charge in [-0.15, -0.1) is 0 Å². The Morgan fingerprint density at radius 2 is 1.88 bits per heavy atom. The molecule has 1 aliphatic carbocycles. The van der Waals surface area contributed by atoms with Gasteiger partial charge in [-0.25, -0.2) is 0 Å². The van der Waals surface area contributed by atoms with Gasteiger partial charge in [0.2, 0.25) is 0 Å². The van der Waals surface area contributed by atoms with Gasteiger partial charge in [0.05, 0.1) is 19.3 Å². The summed E-state index contributed by atoms with van der Waals surface area (Å²) in [6.45, 7) is 7.62. The number of nitrogens with one attached hydrogen (secondary N) is 1. The first kappa shape index (κ1) is 13.9. The van der Waals surface area contributed by atoms with Crippen LogP contribution in [0.25, 0.3) is 0 Å². The largest absolute Gasteiger partial charge is 0.379 e. The van der Waals surface area contributed by atoms with Crippen LogP contribution in [0.2, 0.25) is 0 Å². The average molecular weight is 229 g/mol. The lowest BCUT2D eigenvalue weighted by atomic mass is 10.2. The van der Waals surface area contributed by atoms with E-state index in [0.29, 0.717) is 6.10 Å². The summed E-state index contributed by atoms with van der Waals surface area (Å²) in [6, 6.07) is 0.851. The van der Waals surface area contributed by atoms with E-state index in [1.807, 2.05) is 13.8 Å². The van der Waals surface area contributed by atoms with E-state index in [4.69, 9.17) is 9.47 Å². The van der Waals surface area contributed by atoms with Crippen molar-refractivity contribution >= 4 is 0 Å². The average Bonchev–Trinajstić information content (AvgIpc) is 3.04. The van der Waals surface area contributed by atoms with Crippen LogP contribution in [0.15, 0.2) is 0 Å². The standard InChI is InChI=1S/C13H27NO2/c1-12(2)16-11-10-15-9-5-3-4-8-14-13-6-7-13/h12-14H,3-11H2,1-2H3. The van der Waals surface area contributed by atoms with E-state index in [0.717, 1.165) is 25.9 Å². The van der Waals surface area contributed by atoms with E-state index >= 15 is 0 Å². The highest BCUT2D eigenvalue weighted by Gasteiger charge is 2.19. The van der Waals surface area contributed by atoms with Crippen LogP contribution in [-0.4, -0.2) is 38.5 Å². The normalized spacial score (nSPS) is 15.9. The minimum Gasteiger partial charge on any atom is -0.379 e. The number of hydrogen-bond donors (Lipinski definition) is 1. The van der Waals surface area contributed by atoms with Crippen LogP contribution in [-0.2, 0) is 9.47 Å². The molecule has 1 N–H and O–H groups in total. The summed E-state index contributed by atoms with van der Waals surface area (Å²) in [5.74, 6) is 0. The molecule has 0 aromatic carbocycles. The fourth-order valence-electron chi connectivity index (χ4n) is 1.54. The third kappa shape index (κ3) is 9.13. The molecule has 0 aromatic rings. The van der Waals surface area contributed by atoms with Crippen molar-refractivity contribution < 1.29 is 9.47 Å². The second-order valence-corrected chi connectivity index (χ2v) is 4.82. The maximum atomic E-state index is 5.48. The Kier molecular flexibility index (Phi) is 7.81. The smallest absolute Gasteiger partial charge is 0.0703 e. The number of hydrogen-bond acceptors (Lipinski definition) is 3. The van der Waals surface area contributed by atoms with Crippen LogP contribution >= 0.6 is 0 Å². The zero-order valence-electron chi connectivity index (χ0n) is 10.8. The summed E-state index contributed by atoms with van der Waals surface area (Å²) in [4.78, 5) is 0. The van der Waals surface area contributed by atoms with Crippen molar-refractivity contribution in [1.29, 1.82) is 0 Å². The zero-order chi connectivity index (χ0) is 11.6. The first-order chi connectivity index (χ1) is 7.79. The van der Waals surface area contributed by atoms with Crippen LogP contribution in [0.3, 0.4) is 0 Å². The molecule has 3 nitrogen and oxygen atoms in total. The van der Waals surface area contributed by atoms with Crippen molar-refractivity contribution in [3.05, 3.63) is 0 Å². The van der Waals surface area contributed by atoms with Gasteiger partial charge in [0.15, 0.2) is 0 Å². The second-order valence-electron chi connectivity index (χ2n) is 4.82. The van der Waals surface area contributed by atoms with Gasteiger partial charge in [0.1, 0.15) is 0 Å². The van der Waals surface area contributed by atoms with E-state index in [2.05, 4.69) is 5.32 Å². The molecule has 0 bridgehead atoms. The molecule has 0 heterocycles. The highest BCUT2D eigenvalue weighted by molar-refractivity contribution is 4.80. The van der Waals surface area contributed by atoms with Crippen molar-refractivity contribution in [2.24, 2.45) is 0 Å². The van der Waals surface area contributed by atoms with Crippen LogP contribution in [0.4, 0.5) is 0 Å². The lowest BCUT2D eigenvalue weighted by Gasteiger charge is -2.08. The Labute approximate surface area is 99.9 Å². The van der Waals surface area contributed by atoms with Gasteiger partial charge in [-0.1, -0.05) is 0 Å². The number of rotatable bonds is 11. The molecular weight excluding hydrogens is 202 g/mol. The van der Waals surface area contributed by atoms with Crippen LogP contribution in [0.5, 0.6) is 0 Å². The molecule has 0 spiro atoms. The van der Waals surface area contributed by atoms with Gasteiger partial charge in [0, 0.05) is 12.6 Å². The van der Waals surface area contributed by atoms with Crippen LogP contribution in [0.1, 0.15) is 46.0 Å². The lowest BCUT2D eigenvalue weighted by molar-refractivity contribution is 0.0187. The number of unbranched alkanes of at least 4 members (excludes halogenated alkanes) is 2. The predicted molar refractivity (Wildman–Crippen MR) is 66.8 cm³/mol. The fraction of sp³-hybridized carbons (Fsp3) is 1.00. The van der Waals surface area contributed by atoms with Crippen molar-refractivity contribution in [2.45, 2.75) is 58.1 Å². The van der Waals surface area contributed by atoms with Gasteiger partial charge in [-0.2, -0.15) is 0 Å². The zero-order valence-corrected chi connectivity index (χ0v) is 10.8. The van der Waals surface area contributed by atoms with E-state index in [9.17, 15) is 0 Å². The van der Waals surface area contributed by atoms with Gasteiger partial charge in [-0.05, 0) is 52.5 Å². The Bertz CT molecular complexity index is 148. The van der Waals surface area contributed by atoms with Crippen molar-refractivity contribution in [1.82, 2.24) is 5.32 Å². The third-order valence-corrected chi connectivity index (χ3v) is 2.65. The van der Waals surface area contributed by atoms with E-state index < -0.39 is 0 Å². The van der Waals surface area contributed by atoms with Crippen molar-refractivity contribution in [3.63, 3.8) is 0 Å². The minimum atomic E-state index is 0.317. The van der Waals surface area contributed by atoms with Crippen molar-refractivity contribution in [2.75, 3.05) is 26.4 Å². The molecule has 0 aromatic heterocycles. The Morgan fingerprint density at radius 3 is 2.56 bits per heavy atom. The second kappa shape index (κ2) is 8.97. The summed E-state index contributed by atoms with van der Waals surface area (Å²) >= 11 is 0. The number of ether oxygens (including phenoxy) is 2. The molecule has 0 radical (unpaired) electrons. The van der Waals surface area contributed by atoms with Gasteiger partial charge in [0.25, 0.3) is 0 Å². The summed E-state index contributed by atoms with van der Waals surface area (Å²) in [7, 11) is 0. The molecule has 16 heavy (non-hydrogen) atoms. The summed E-state index contributed by atoms with van der Waals surface area (Å²) in [5.41, 5.74) is 0. The minimum absolute atomic E-state index is 0.317. The topological polar surface area (TPSA) is 30.5 Å². The van der Waals surface area contributed by atoms with Crippen molar-refractivity contribution in [3.8, 4) is 0 Å². The highest BCUT2D eigenvalue weighted by Crippen LogP contribution is 2.18. The molecule has 3 heteroatoms. The molecule has 1 saturated carbocycles. The molecule has 1 aliphatic rings. The summed E-state index contributed by atoms with van der Waals surface area (Å²) in [5, 5.41) is 3.52. The van der Waals surface area contributed by atoms with E-state index in [-0.39, 0.29) is 0 Å². The maximum Gasteiger partial charge on any atom is 0.0703 e. The predicted octanol–water partition coefficient (Wildman–Crippen LogP) is 2.35. The molecule has 0 saturated heterocycles. The molecule has 1 rings (SSSR count). The third-order valence-electron chi connectivity index (χ3n) is 2.65. The maximum absolute atomic E-state index is 5.48. The monoisotopic (exact) mass is 229 g/mol. The van der Waals surface area contributed by atoms with E-state index in [1.54, 1.807) is 0 Å². The molecule has 0 atom stereocenters. The van der Waals surface area contributed by atoms with Gasteiger partial charge < -0.3 is 14.8 Å². The SMILES string of the molecule is CC(C)OCCOCCCCCNC1CC1. The molecule has 0 unspecified atom stereocenters. The molecule has 1 fully saturated rings. The van der Waals surface area contributed by atoms with Crippen LogP contribution < -0.4 is 5.32 Å². The molecule has 96 valence electrons. The Hall–Kier alpha value is -0.120. The van der Waals surface area contributed by atoms with Crippen LogP contribution in [0, 0.1) is 0 Å². The van der Waals surface area contributed by atoms with Gasteiger partial charge in [-0.3, -0.25) is 0 Å². The summed E-state index contributed by atoms with van der Waals surface area (Å²) < 4.78 is 10.9. The Balaban J connectivity index is 1.64. The Morgan fingerprint density at radius 1 is 1.06 bits per heavy atom. The summed E-state index contributed by atoms with van der Waals surface area (Å²) in [6.07, 6.45) is 6.82. The molecular formula is C13H27NO2. The molecule has 0 amide bonds. The highest BCUT2D eigenvalue weighted by atomic mass is 16.5. The first-order valence-electron chi connectivity index (χ1n) is 6.72.